The number of para-hydroxylation sites is 1. The van der Waals surface area contributed by atoms with Crippen molar-refractivity contribution in [3.63, 3.8) is 0 Å². The van der Waals surface area contributed by atoms with Gasteiger partial charge in [-0.2, -0.15) is 5.10 Å². The maximum atomic E-state index is 14.0. The molecule has 0 radical (unpaired) electrons. The van der Waals surface area contributed by atoms with Gasteiger partial charge >= 0.3 is 0 Å². The van der Waals surface area contributed by atoms with E-state index in [0.717, 1.165) is 25.3 Å². The number of halogens is 1. The number of amides is 1. The van der Waals surface area contributed by atoms with Crippen LogP contribution in [0.5, 0.6) is 5.75 Å². The van der Waals surface area contributed by atoms with Gasteiger partial charge in [-0.05, 0) is 35.0 Å². The predicted molar refractivity (Wildman–Crippen MR) is 141 cm³/mol. The van der Waals surface area contributed by atoms with Gasteiger partial charge in [-0.1, -0.05) is 72.4 Å². The summed E-state index contributed by atoms with van der Waals surface area (Å²) in [6.45, 7) is 0.0804. The summed E-state index contributed by atoms with van der Waals surface area (Å²) >= 11 is 2.93. The van der Waals surface area contributed by atoms with Crippen LogP contribution in [0.3, 0.4) is 0 Å². The summed E-state index contributed by atoms with van der Waals surface area (Å²) in [4.78, 5) is 16.9. The monoisotopic (exact) mass is 501 g/mol. The van der Waals surface area contributed by atoms with Gasteiger partial charge in [0.25, 0.3) is 5.91 Å². The van der Waals surface area contributed by atoms with Gasteiger partial charge in [-0.15, -0.1) is 11.3 Å². The standard InChI is InChI=1S/C27H20FN3O2S2/c28-22-10-4-2-8-19(22)16-33-24-14-13-18-7-1-3-9-20(18)21(24)15-29-31-26(32)17-34-27-30-23-11-5-6-12-25(23)35-27/h1-15H,16-17H2,(H,31,32)/b29-15+. The van der Waals surface area contributed by atoms with Crippen LogP contribution in [-0.4, -0.2) is 22.9 Å². The van der Waals surface area contributed by atoms with Crippen LogP contribution in [0.15, 0.2) is 94.4 Å². The summed E-state index contributed by atoms with van der Waals surface area (Å²) in [6.07, 6.45) is 1.57. The number of thiazole rings is 1. The Kier molecular flexibility index (Phi) is 7.02. The fourth-order valence-electron chi connectivity index (χ4n) is 3.55. The number of hydrogen-bond donors (Lipinski definition) is 1. The highest BCUT2D eigenvalue weighted by atomic mass is 32.2. The highest BCUT2D eigenvalue weighted by Gasteiger charge is 2.10. The van der Waals surface area contributed by atoms with E-state index in [1.807, 2.05) is 60.7 Å². The molecule has 1 aromatic heterocycles. The van der Waals surface area contributed by atoms with Crippen molar-refractivity contribution >= 4 is 56.2 Å². The smallest absolute Gasteiger partial charge is 0.250 e. The van der Waals surface area contributed by atoms with Crippen LogP contribution >= 0.6 is 23.1 Å². The largest absolute Gasteiger partial charge is 0.488 e. The number of carbonyl (C=O) groups is 1. The second-order valence-corrected chi connectivity index (χ2v) is 9.86. The van der Waals surface area contributed by atoms with E-state index in [1.54, 1.807) is 35.8 Å². The molecule has 0 unspecified atom stereocenters. The van der Waals surface area contributed by atoms with Gasteiger partial charge in [0.05, 0.1) is 22.2 Å². The SMILES string of the molecule is O=C(CSc1nc2ccccc2s1)N/N=C/c1c(OCc2ccccc2F)ccc2ccccc12. The summed E-state index contributed by atoms with van der Waals surface area (Å²) in [6, 6.07) is 26.0. The molecular weight excluding hydrogens is 481 g/mol. The number of aromatic nitrogens is 1. The predicted octanol–water partition coefficient (Wildman–Crippen LogP) is 6.41. The Balaban J connectivity index is 1.28. The van der Waals surface area contributed by atoms with Gasteiger partial charge < -0.3 is 4.74 Å². The van der Waals surface area contributed by atoms with Crippen molar-refractivity contribution in [2.75, 3.05) is 5.75 Å². The van der Waals surface area contributed by atoms with Crippen LogP contribution in [0.1, 0.15) is 11.1 Å². The number of fused-ring (bicyclic) bond motifs is 2. The fraction of sp³-hybridized carbons (Fsp3) is 0.0741. The number of benzene rings is 4. The van der Waals surface area contributed by atoms with Gasteiger partial charge in [0.15, 0.2) is 4.34 Å². The lowest BCUT2D eigenvalue weighted by molar-refractivity contribution is -0.118. The first-order chi connectivity index (χ1) is 17.2. The van der Waals surface area contributed by atoms with Crippen LogP contribution in [0.25, 0.3) is 21.0 Å². The van der Waals surface area contributed by atoms with Crippen LogP contribution < -0.4 is 10.2 Å². The molecule has 0 bridgehead atoms. The molecule has 0 aliphatic heterocycles. The molecule has 0 spiro atoms. The molecule has 8 heteroatoms. The van der Waals surface area contributed by atoms with Crippen molar-refractivity contribution < 1.29 is 13.9 Å². The topological polar surface area (TPSA) is 63.6 Å². The minimum Gasteiger partial charge on any atom is -0.488 e. The third-order valence-electron chi connectivity index (χ3n) is 5.26. The van der Waals surface area contributed by atoms with Crippen molar-refractivity contribution in [2.24, 2.45) is 5.10 Å². The third-order valence-corrected chi connectivity index (χ3v) is 7.43. The van der Waals surface area contributed by atoms with Crippen LogP contribution in [0, 0.1) is 5.82 Å². The number of hydrogen-bond acceptors (Lipinski definition) is 6. The third kappa shape index (κ3) is 5.50. The first-order valence-corrected chi connectivity index (χ1v) is 12.7. The highest BCUT2D eigenvalue weighted by molar-refractivity contribution is 8.01. The van der Waals surface area contributed by atoms with E-state index in [-0.39, 0.29) is 24.1 Å². The Hall–Kier alpha value is -3.75. The minimum absolute atomic E-state index is 0.0804. The fourth-order valence-corrected chi connectivity index (χ4v) is 5.41. The molecule has 4 aromatic carbocycles. The van der Waals surface area contributed by atoms with Gasteiger partial charge in [-0.3, -0.25) is 4.79 Å². The molecule has 1 heterocycles. The van der Waals surface area contributed by atoms with Crippen LogP contribution in [-0.2, 0) is 11.4 Å². The van der Waals surface area contributed by atoms with Gasteiger partial charge in [0.1, 0.15) is 18.2 Å². The molecule has 0 saturated carbocycles. The molecule has 0 fully saturated rings. The Morgan fingerprint density at radius 3 is 2.71 bits per heavy atom. The lowest BCUT2D eigenvalue weighted by atomic mass is 10.0. The molecule has 5 nitrogen and oxygen atoms in total. The molecule has 0 atom stereocenters. The Labute approximate surface area is 209 Å². The molecular formula is C27H20FN3O2S2. The zero-order valence-electron chi connectivity index (χ0n) is 18.5. The maximum absolute atomic E-state index is 14.0. The van der Waals surface area contributed by atoms with Crippen LogP contribution in [0.4, 0.5) is 4.39 Å². The van der Waals surface area contributed by atoms with E-state index >= 15 is 0 Å². The lowest BCUT2D eigenvalue weighted by Gasteiger charge is -2.12. The summed E-state index contributed by atoms with van der Waals surface area (Å²) in [5, 5.41) is 6.09. The Morgan fingerprint density at radius 2 is 1.83 bits per heavy atom. The van der Waals surface area contributed by atoms with Gasteiger partial charge in [0.2, 0.25) is 0 Å². The number of ether oxygens (including phenoxy) is 1. The normalized spacial score (nSPS) is 11.3. The molecule has 1 amide bonds. The zero-order valence-corrected chi connectivity index (χ0v) is 20.1. The van der Waals surface area contributed by atoms with Gasteiger partial charge in [-0.25, -0.2) is 14.8 Å². The van der Waals surface area contributed by atoms with E-state index in [4.69, 9.17) is 4.74 Å². The second kappa shape index (κ2) is 10.7. The van der Waals surface area contributed by atoms with Crippen molar-refractivity contribution in [3.8, 4) is 5.75 Å². The lowest BCUT2D eigenvalue weighted by Crippen LogP contribution is -2.19. The summed E-state index contributed by atoms with van der Waals surface area (Å²) in [7, 11) is 0. The van der Waals surface area contributed by atoms with Crippen molar-refractivity contribution in [2.45, 2.75) is 10.9 Å². The number of thioether (sulfide) groups is 1. The number of rotatable bonds is 8. The minimum atomic E-state index is -0.318. The van der Waals surface area contributed by atoms with E-state index in [9.17, 15) is 9.18 Å². The molecule has 5 aromatic rings. The number of carbonyl (C=O) groups excluding carboxylic acids is 1. The van der Waals surface area contributed by atoms with E-state index in [2.05, 4.69) is 15.5 Å². The average molecular weight is 502 g/mol. The van der Waals surface area contributed by atoms with E-state index in [1.165, 1.54) is 17.8 Å². The number of hydrazone groups is 1. The zero-order chi connectivity index (χ0) is 24.0. The number of nitrogens with one attached hydrogen (secondary N) is 1. The molecule has 1 N–H and O–H groups in total. The van der Waals surface area contributed by atoms with Crippen molar-refractivity contribution in [1.29, 1.82) is 0 Å². The van der Waals surface area contributed by atoms with Crippen LogP contribution in [0.2, 0.25) is 0 Å². The van der Waals surface area contributed by atoms with Gasteiger partial charge in [0, 0.05) is 11.1 Å². The first-order valence-electron chi connectivity index (χ1n) is 10.9. The van der Waals surface area contributed by atoms with E-state index in [0.29, 0.717) is 16.9 Å². The van der Waals surface area contributed by atoms with Crippen molar-refractivity contribution in [1.82, 2.24) is 10.4 Å². The maximum Gasteiger partial charge on any atom is 0.250 e. The molecule has 0 aliphatic rings. The summed E-state index contributed by atoms with van der Waals surface area (Å²) in [5.74, 6) is 0.193. The summed E-state index contributed by atoms with van der Waals surface area (Å²) in [5.41, 5.74) is 4.68. The quantitative estimate of drug-likeness (QED) is 0.152. The highest BCUT2D eigenvalue weighted by Crippen LogP contribution is 2.29. The molecule has 0 aliphatic carbocycles. The molecule has 0 saturated heterocycles. The first kappa shape index (κ1) is 23.0. The Morgan fingerprint density at radius 1 is 1.03 bits per heavy atom. The summed E-state index contributed by atoms with van der Waals surface area (Å²) < 4.78 is 21.9. The molecule has 174 valence electrons. The average Bonchev–Trinajstić information content (AvgIpc) is 3.31. The Bertz CT molecular complexity index is 1500. The van der Waals surface area contributed by atoms with E-state index < -0.39 is 0 Å². The second-order valence-electron chi connectivity index (χ2n) is 7.61. The van der Waals surface area contributed by atoms with Crippen molar-refractivity contribution in [3.05, 3.63) is 102 Å². The number of nitrogens with zero attached hydrogens (tertiary/aromatic N) is 2. The molecule has 35 heavy (non-hydrogen) atoms. The molecule has 5 rings (SSSR count).